The third-order valence-electron chi connectivity index (χ3n) is 4.90. The topological polar surface area (TPSA) is 64.9 Å². The van der Waals surface area contributed by atoms with Gasteiger partial charge in [-0.05, 0) is 23.6 Å². The number of nitrogens with zero attached hydrogens (tertiary/aromatic N) is 1. The highest BCUT2D eigenvalue weighted by molar-refractivity contribution is 7.88. The summed E-state index contributed by atoms with van der Waals surface area (Å²) in [6.07, 6.45) is 0. The Hall–Kier alpha value is -3.33. The minimum absolute atomic E-state index is 0.266. The maximum Gasteiger partial charge on any atom is 0.534 e. The molecule has 2 aromatic heterocycles. The van der Waals surface area contributed by atoms with Crippen LogP contribution in [-0.2, 0) is 10.1 Å². The van der Waals surface area contributed by atoms with Crippen molar-refractivity contribution in [3.05, 3.63) is 71.0 Å². The first kappa shape index (κ1) is 17.7. The summed E-state index contributed by atoms with van der Waals surface area (Å²) < 4.78 is 66.3. The van der Waals surface area contributed by atoms with Gasteiger partial charge >= 0.3 is 15.6 Å². The SMILES string of the molecule is O=c1c2ccccc2c2cccc3c4ccc(OS(=O)(=O)C(F)(F)F)cc4n1c23. The standard InChI is InChI=1S/C20H10F3NO4S/c21-20(22,23)29(26,27)28-11-8-9-13-15-7-3-6-14-12-4-1-2-5-16(12)19(25)24(18(14)15)17(13)10-11/h1-10H. The molecule has 0 atom stereocenters. The lowest BCUT2D eigenvalue weighted by molar-refractivity contribution is -0.0500. The van der Waals surface area contributed by atoms with Gasteiger partial charge in [0.15, 0.2) is 0 Å². The molecule has 5 aromatic rings. The molecule has 0 saturated heterocycles. The molecular formula is C20H10F3NO4S. The highest BCUT2D eigenvalue weighted by atomic mass is 32.2. The minimum Gasteiger partial charge on any atom is -0.376 e. The normalized spacial score (nSPS) is 13.1. The summed E-state index contributed by atoms with van der Waals surface area (Å²) in [5.74, 6) is -0.526. The van der Waals surface area contributed by atoms with Gasteiger partial charge in [0.1, 0.15) is 5.75 Å². The Morgan fingerprint density at radius 1 is 0.793 bits per heavy atom. The lowest BCUT2D eigenvalue weighted by Gasteiger charge is -2.09. The second kappa shape index (κ2) is 5.60. The average molecular weight is 417 g/mol. The van der Waals surface area contributed by atoms with E-state index in [1.165, 1.54) is 10.5 Å². The first-order valence-electron chi connectivity index (χ1n) is 8.41. The van der Waals surface area contributed by atoms with Crippen LogP contribution in [0.1, 0.15) is 0 Å². The van der Waals surface area contributed by atoms with Crippen LogP contribution in [0.25, 0.3) is 38.0 Å². The van der Waals surface area contributed by atoms with E-state index in [2.05, 4.69) is 4.18 Å². The van der Waals surface area contributed by atoms with Crippen LogP contribution >= 0.6 is 0 Å². The predicted octanol–water partition coefficient (Wildman–Crippen LogP) is 4.43. The maximum absolute atomic E-state index is 13.1. The van der Waals surface area contributed by atoms with Crippen LogP contribution in [-0.4, -0.2) is 18.3 Å². The highest BCUT2D eigenvalue weighted by Crippen LogP contribution is 2.36. The van der Waals surface area contributed by atoms with Gasteiger partial charge in [-0.3, -0.25) is 9.20 Å². The van der Waals surface area contributed by atoms with Crippen molar-refractivity contribution >= 4 is 48.1 Å². The van der Waals surface area contributed by atoms with Crippen molar-refractivity contribution in [2.24, 2.45) is 0 Å². The van der Waals surface area contributed by atoms with Crippen molar-refractivity contribution in [2.75, 3.05) is 0 Å². The number of hydrogen-bond acceptors (Lipinski definition) is 4. The summed E-state index contributed by atoms with van der Waals surface area (Å²) in [5.41, 5.74) is -5.03. The molecule has 2 heterocycles. The first-order valence-corrected chi connectivity index (χ1v) is 9.82. The second-order valence-electron chi connectivity index (χ2n) is 6.55. The Bertz CT molecular complexity index is 1600. The zero-order valence-corrected chi connectivity index (χ0v) is 15.2. The Kier molecular flexibility index (Phi) is 3.43. The molecule has 0 radical (unpaired) electrons. The van der Waals surface area contributed by atoms with Gasteiger partial charge in [-0.15, -0.1) is 0 Å². The number of halogens is 3. The molecule has 146 valence electrons. The number of aromatic nitrogens is 1. The van der Waals surface area contributed by atoms with Gasteiger partial charge in [-0.25, -0.2) is 0 Å². The van der Waals surface area contributed by atoms with E-state index in [0.29, 0.717) is 16.3 Å². The van der Waals surface area contributed by atoms with Crippen molar-refractivity contribution in [3.8, 4) is 5.75 Å². The van der Waals surface area contributed by atoms with E-state index in [1.807, 2.05) is 24.3 Å². The molecule has 0 amide bonds. The van der Waals surface area contributed by atoms with E-state index < -0.39 is 21.4 Å². The predicted molar refractivity (Wildman–Crippen MR) is 103 cm³/mol. The number of hydrogen-bond donors (Lipinski definition) is 0. The van der Waals surface area contributed by atoms with Crippen molar-refractivity contribution in [3.63, 3.8) is 0 Å². The van der Waals surface area contributed by atoms with Gasteiger partial charge in [0, 0.05) is 27.6 Å². The Morgan fingerprint density at radius 3 is 2.10 bits per heavy atom. The molecule has 0 fully saturated rings. The summed E-state index contributed by atoms with van der Waals surface area (Å²) in [6, 6.07) is 16.2. The molecule has 0 spiro atoms. The summed E-state index contributed by atoms with van der Waals surface area (Å²) in [5, 5.41) is 3.33. The quantitative estimate of drug-likeness (QED) is 0.242. The smallest absolute Gasteiger partial charge is 0.376 e. The summed E-state index contributed by atoms with van der Waals surface area (Å²) >= 11 is 0. The Morgan fingerprint density at radius 2 is 1.41 bits per heavy atom. The summed E-state index contributed by atoms with van der Waals surface area (Å²) in [4.78, 5) is 13.1. The molecule has 0 aliphatic rings. The molecule has 29 heavy (non-hydrogen) atoms. The monoisotopic (exact) mass is 417 g/mol. The van der Waals surface area contributed by atoms with E-state index in [0.717, 1.165) is 28.3 Å². The lowest BCUT2D eigenvalue weighted by atomic mass is 10.0. The molecule has 3 aromatic carbocycles. The zero-order chi connectivity index (χ0) is 20.6. The van der Waals surface area contributed by atoms with Gasteiger partial charge < -0.3 is 4.18 Å². The summed E-state index contributed by atoms with van der Waals surface area (Å²) in [7, 11) is -5.82. The summed E-state index contributed by atoms with van der Waals surface area (Å²) in [6.45, 7) is 0. The minimum atomic E-state index is -5.82. The fourth-order valence-electron chi connectivity index (χ4n) is 3.73. The Labute approximate surface area is 161 Å². The van der Waals surface area contributed by atoms with Crippen LogP contribution in [0.3, 0.4) is 0 Å². The van der Waals surface area contributed by atoms with Crippen LogP contribution < -0.4 is 9.74 Å². The Balaban J connectivity index is 1.90. The van der Waals surface area contributed by atoms with E-state index in [1.54, 1.807) is 18.2 Å². The van der Waals surface area contributed by atoms with Gasteiger partial charge in [-0.1, -0.05) is 36.4 Å². The maximum atomic E-state index is 13.1. The van der Waals surface area contributed by atoms with Gasteiger partial charge in [0.05, 0.1) is 11.0 Å². The van der Waals surface area contributed by atoms with Crippen LogP contribution in [0.2, 0.25) is 0 Å². The largest absolute Gasteiger partial charge is 0.534 e. The van der Waals surface area contributed by atoms with E-state index in [4.69, 9.17) is 0 Å². The van der Waals surface area contributed by atoms with E-state index in [9.17, 15) is 26.4 Å². The van der Waals surface area contributed by atoms with Crippen molar-refractivity contribution in [2.45, 2.75) is 5.51 Å². The molecular weight excluding hydrogens is 407 g/mol. The fourth-order valence-corrected chi connectivity index (χ4v) is 4.18. The van der Waals surface area contributed by atoms with Crippen molar-refractivity contribution in [1.82, 2.24) is 4.40 Å². The lowest BCUT2D eigenvalue weighted by Crippen LogP contribution is -2.28. The van der Waals surface area contributed by atoms with Crippen LogP contribution in [0, 0.1) is 0 Å². The molecule has 0 bridgehead atoms. The molecule has 5 rings (SSSR count). The van der Waals surface area contributed by atoms with Crippen LogP contribution in [0.5, 0.6) is 5.75 Å². The third-order valence-corrected chi connectivity index (χ3v) is 5.88. The molecule has 0 aliphatic carbocycles. The number of para-hydroxylation sites is 1. The fraction of sp³-hybridized carbons (Fsp3) is 0.0500. The van der Waals surface area contributed by atoms with Crippen molar-refractivity contribution in [1.29, 1.82) is 0 Å². The number of benzene rings is 3. The van der Waals surface area contributed by atoms with Gasteiger partial charge in [0.25, 0.3) is 5.56 Å². The molecule has 0 aliphatic heterocycles. The zero-order valence-electron chi connectivity index (χ0n) is 14.4. The average Bonchev–Trinajstić information content (AvgIpc) is 3.00. The molecule has 0 saturated carbocycles. The van der Waals surface area contributed by atoms with Crippen LogP contribution in [0.4, 0.5) is 13.2 Å². The van der Waals surface area contributed by atoms with Crippen molar-refractivity contribution < 1.29 is 25.8 Å². The first-order chi connectivity index (χ1) is 13.7. The molecule has 0 N–H and O–H groups in total. The third kappa shape index (κ3) is 2.40. The molecule has 5 nitrogen and oxygen atoms in total. The number of rotatable bonds is 2. The highest BCUT2D eigenvalue weighted by Gasteiger charge is 2.48. The van der Waals surface area contributed by atoms with E-state index in [-0.39, 0.29) is 11.1 Å². The van der Waals surface area contributed by atoms with Gasteiger partial charge in [-0.2, -0.15) is 21.6 Å². The van der Waals surface area contributed by atoms with Crippen LogP contribution in [0.15, 0.2) is 65.5 Å². The second-order valence-corrected chi connectivity index (χ2v) is 8.09. The number of pyridine rings is 1. The molecule has 0 unspecified atom stereocenters. The number of alkyl halides is 3. The number of fused-ring (bicyclic) bond motifs is 5. The molecule has 9 heteroatoms. The van der Waals surface area contributed by atoms with E-state index >= 15 is 0 Å². The van der Waals surface area contributed by atoms with Gasteiger partial charge in [0.2, 0.25) is 0 Å².